The van der Waals surface area contributed by atoms with E-state index in [0.29, 0.717) is 16.9 Å². The highest BCUT2D eigenvalue weighted by Crippen LogP contribution is 2.19. The Bertz CT molecular complexity index is 958. The van der Waals surface area contributed by atoms with Gasteiger partial charge in [0, 0.05) is 11.4 Å². The molecule has 3 aromatic rings. The number of fused-ring (bicyclic) bond motifs is 1. The van der Waals surface area contributed by atoms with Crippen molar-refractivity contribution in [3.63, 3.8) is 0 Å². The van der Waals surface area contributed by atoms with Crippen molar-refractivity contribution < 1.29 is 13.6 Å². The summed E-state index contributed by atoms with van der Waals surface area (Å²) in [6, 6.07) is 9.30. The quantitative estimate of drug-likeness (QED) is 0.797. The lowest BCUT2D eigenvalue weighted by Crippen LogP contribution is -2.14. The highest BCUT2D eigenvalue weighted by atomic mass is 19.3. The molecule has 9 heteroatoms. The molecule has 120 valence electrons. The molecule has 0 bridgehead atoms. The van der Waals surface area contributed by atoms with Gasteiger partial charge in [0.2, 0.25) is 5.82 Å². The second-order valence-corrected chi connectivity index (χ2v) is 4.91. The number of halogens is 2. The van der Waals surface area contributed by atoms with E-state index in [0.717, 1.165) is 4.52 Å². The van der Waals surface area contributed by atoms with Gasteiger partial charge in [-0.3, -0.25) is 4.79 Å². The average molecular weight is 328 g/mol. The zero-order valence-electron chi connectivity index (χ0n) is 12.4. The molecule has 3 rings (SSSR count). The second kappa shape index (κ2) is 6.00. The van der Waals surface area contributed by atoms with Gasteiger partial charge in [-0.15, -0.1) is 5.10 Å². The van der Waals surface area contributed by atoms with Crippen LogP contribution in [-0.4, -0.2) is 25.5 Å². The van der Waals surface area contributed by atoms with Crippen molar-refractivity contribution in [1.29, 1.82) is 5.26 Å². The molecule has 0 saturated heterocycles. The molecule has 2 aromatic heterocycles. The van der Waals surface area contributed by atoms with E-state index in [1.165, 1.54) is 18.2 Å². The molecule has 1 N–H and O–H groups in total. The Balaban J connectivity index is 1.92. The zero-order valence-corrected chi connectivity index (χ0v) is 12.4. The molecule has 1 aromatic carbocycles. The van der Waals surface area contributed by atoms with Crippen LogP contribution in [0, 0.1) is 18.3 Å². The maximum Gasteiger partial charge on any atom is 0.295 e. The van der Waals surface area contributed by atoms with Gasteiger partial charge in [-0.1, -0.05) is 0 Å². The maximum atomic E-state index is 13.1. The van der Waals surface area contributed by atoms with Gasteiger partial charge in [-0.05, 0) is 37.3 Å². The van der Waals surface area contributed by atoms with E-state index >= 15 is 0 Å². The Morgan fingerprint density at radius 2 is 2.00 bits per heavy atom. The lowest BCUT2D eigenvalue weighted by atomic mass is 10.2. The normalized spacial score (nSPS) is 10.8. The number of amides is 1. The summed E-state index contributed by atoms with van der Waals surface area (Å²) < 4.78 is 27.0. The molecule has 0 spiro atoms. The number of hydrogen-bond donors (Lipinski definition) is 1. The summed E-state index contributed by atoms with van der Waals surface area (Å²) in [5, 5.41) is 15.1. The lowest BCUT2D eigenvalue weighted by Gasteiger charge is -2.03. The largest absolute Gasteiger partial charge is 0.319 e. The van der Waals surface area contributed by atoms with Gasteiger partial charge in [-0.25, -0.2) is 13.8 Å². The minimum absolute atomic E-state index is 0.0738. The van der Waals surface area contributed by atoms with E-state index in [2.05, 4.69) is 20.4 Å². The van der Waals surface area contributed by atoms with Crippen LogP contribution in [0.5, 0.6) is 0 Å². The summed E-state index contributed by atoms with van der Waals surface area (Å²) in [6.45, 7) is 1.55. The van der Waals surface area contributed by atoms with Gasteiger partial charge in [0.25, 0.3) is 18.1 Å². The fourth-order valence-corrected chi connectivity index (χ4v) is 2.08. The van der Waals surface area contributed by atoms with Crippen LogP contribution in [0.2, 0.25) is 0 Å². The van der Waals surface area contributed by atoms with Crippen molar-refractivity contribution in [2.24, 2.45) is 0 Å². The van der Waals surface area contributed by atoms with Gasteiger partial charge in [-0.2, -0.15) is 14.8 Å². The first-order valence-corrected chi connectivity index (χ1v) is 6.82. The molecular weight excluding hydrogens is 318 g/mol. The van der Waals surface area contributed by atoms with Crippen LogP contribution < -0.4 is 5.32 Å². The van der Waals surface area contributed by atoms with Crippen LogP contribution >= 0.6 is 0 Å². The first kappa shape index (κ1) is 15.5. The third-order valence-electron chi connectivity index (χ3n) is 3.17. The second-order valence-electron chi connectivity index (χ2n) is 4.91. The summed E-state index contributed by atoms with van der Waals surface area (Å²) in [5.74, 6) is -1.02. The Kier molecular flexibility index (Phi) is 3.87. The predicted molar refractivity (Wildman–Crippen MR) is 79.6 cm³/mol. The lowest BCUT2D eigenvalue weighted by molar-refractivity contribution is 0.101. The van der Waals surface area contributed by atoms with Gasteiger partial charge in [0.1, 0.15) is 5.69 Å². The number of nitriles is 1. The van der Waals surface area contributed by atoms with E-state index in [-0.39, 0.29) is 17.3 Å². The van der Waals surface area contributed by atoms with Crippen LogP contribution in [0.1, 0.15) is 34.0 Å². The molecule has 0 aliphatic rings. The molecule has 7 nitrogen and oxygen atoms in total. The molecule has 0 aliphatic heterocycles. The minimum atomic E-state index is -2.77. The Labute approximate surface area is 134 Å². The Morgan fingerprint density at radius 3 is 2.62 bits per heavy atom. The summed E-state index contributed by atoms with van der Waals surface area (Å²) in [4.78, 5) is 20.1. The van der Waals surface area contributed by atoms with Crippen LogP contribution in [0.15, 0.2) is 30.3 Å². The summed E-state index contributed by atoms with van der Waals surface area (Å²) in [7, 11) is 0. The first-order chi connectivity index (χ1) is 11.5. The van der Waals surface area contributed by atoms with Crippen LogP contribution in [-0.2, 0) is 0 Å². The standard InChI is InChI=1S/C15H10F2N6O/c1-8-6-11(12(16)17)23-15(19-8)21-13(22-23)14(24)20-10-4-2-9(7-18)3-5-10/h2-6,12H,1H3,(H,20,24). The topological polar surface area (TPSA) is 96.0 Å². The maximum absolute atomic E-state index is 13.1. The highest BCUT2D eigenvalue weighted by molar-refractivity contribution is 6.01. The summed E-state index contributed by atoms with van der Waals surface area (Å²) in [6.07, 6.45) is -2.77. The number of carbonyl (C=O) groups is 1. The van der Waals surface area contributed by atoms with E-state index in [9.17, 15) is 13.6 Å². The highest BCUT2D eigenvalue weighted by Gasteiger charge is 2.20. The van der Waals surface area contributed by atoms with Crippen molar-refractivity contribution >= 4 is 17.4 Å². The van der Waals surface area contributed by atoms with Crippen LogP contribution in [0.3, 0.4) is 0 Å². The van der Waals surface area contributed by atoms with Crippen molar-refractivity contribution in [1.82, 2.24) is 19.6 Å². The number of carbonyl (C=O) groups excluding carboxylic acids is 1. The summed E-state index contributed by atoms with van der Waals surface area (Å²) >= 11 is 0. The number of nitrogens with one attached hydrogen (secondary N) is 1. The molecule has 2 heterocycles. The van der Waals surface area contributed by atoms with Gasteiger partial charge in [0.15, 0.2) is 0 Å². The summed E-state index contributed by atoms with van der Waals surface area (Å²) in [5.41, 5.74) is 0.836. The minimum Gasteiger partial charge on any atom is -0.319 e. The van der Waals surface area contributed by atoms with Crippen molar-refractivity contribution in [2.45, 2.75) is 13.3 Å². The number of hydrogen-bond acceptors (Lipinski definition) is 5. The molecule has 0 radical (unpaired) electrons. The number of alkyl halides is 2. The first-order valence-electron chi connectivity index (χ1n) is 6.82. The molecular formula is C15H10F2N6O. The fraction of sp³-hybridized carbons (Fsp3) is 0.133. The van der Waals surface area contributed by atoms with E-state index in [1.54, 1.807) is 19.1 Å². The molecule has 0 atom stereocenters. The van der Waals surface area contributed by atoms with Gasteiger partial charge in [0.05, 0.1) is 11.6 Å². The SMILES string of the molecule is Cc1cc(C(F)F)n2nc(C(=O)Nc3ccc(C#N)cc3)nc2n1. The fourth-order valence-electron chi connectivity index (χ4n) is 2.08. The third-order valence-corrected chi connectivity index (χ3v) is 3.17. The molecule has 1 amide bonds. The van der Waals surface area contributed by atoms with Crippen LogP contribution in [0.25, 0.3) is 5.78 Å². The van der Waals surface area contributed by atoms with Crippen LogP contribution in [0.4, 0.5) is 14.5 Å². The molecule has 0 saturated carbocycles. The van der Waals surface area contributed by atoms with Gasteiger partial charge >= 0.3 is 0 Å². The number of anilines is 1. The third kappa shape index (κ3) is 2.89. The monoisotopic (exact) mass is 328 g/mol. The number of aryl methyl sites for hydroxylation is 1. The number of benzene rings is 1. The Hall–Kier alpha value is -3.41. The van der Waals surface area contributed by atoms with E-state index in [1.807, 2.05) is 6.07 Å². The predicted octanol–water partition coefficient (Wildman–Crippen LogP) is 2.49. The van der Waals surface area contributed by atoms with Crippen molar-refractivity contribution in [3.8, 4) is 6.07 Å². The number of nitrogens with zero attached hydrogens (tertiary/aromatic N) is 5. The molecule has 0 aliphatic carbocycles. The molecule has 0 unspecified atom stereocenters. The molecule has 0 fully saturated rings. The smallest absolute Gasteiger partial charge is 0.295 e. The van der Waals surface area contributed by atoms with E-state index in [4.69, 9.17) is 5.26 Å². The van der Waals surface area contributed by atoms with Crippen molar-refractivity contribution in [3.05, 3.63) is 53.1 Å². The number of rotatable bonds is 3. The molecule has 24 heavy (non-hydrogen) atoms. The Morgan fingerprint density at radius 1 is 1.29 bits per heavy atom. The average Bonchev–Trinajstić information content (AvgIpc) is 2.98. The van der Waals surface area contributed by atoms with Crippen molar-refractivity contribution in [2.75, 3.05) is 5.32 Å². The number of aromatic nitrogens is 4. The van der Waals surface area contributed by atoms with E-state index < -0.39 is 12.3 Å². The zero-order chi connectivity index (χ0) is 17.3. The van der Waals surface area contributed by atoms with Gasteiger partial charge < -0.3 is 5.32 Å².